The van der Waals surface area contributed by atoms with Crippen LogP contribution in [-0.2, 0) is 28.7 Å². The molecule has 6 N–H and O–H groups in total. The van der Waals surface area contributed by atoms with Crippen LogP contribution in [0.1, 0.15) is 182 Å². The van der Waals surface area contributed by atoms with Crippen LogP contribution in [0, 0.1) is 0 Å². The maximum absolute atomic E-state index is 11.1. The van der Waals surface area contributed by atoms with Crippen LogP contribution in [0.25, 0.3) is 0 Å². The molecule has 0 aromatic carbocycles. The van der Waals surface area contributed by atoms with Crippen LogP contribution in [0.4, 0.5) is 0 Å². The lowest BCUT2D eigenvalue weighted by Crippen LogP contribution is -2.21. The Morgan fingerprint density at radius 1 is 0.420 bits per heavy atom. The summed E-state index contributed by atoms with van der Waals surface area (Å²) in [4.78, 5) is 42.2. The van der Waals surface area contributed by atoms with Gasteiger partial charge in [0.25, 0.3) is 0 Å². The maximum Gasteiger partial charge on any atom is 0.305 e. The molecule has 0 aliphatic heterocycles. The predicted molar refractivity (Wildman–Crippen MR) is 197 cm³/mol. The smallest absolute Gasteiger partial charge is 0.305 e. The fourth-order valence-electron chi connectivity index (χ4n) is 4.13. The van der Waals surface area contributed by atoms with Crippen molar-refractivity contribution in [2.75, 3.05) is 26.4 Å². The lowest BCUT2D eigenvalue weighted by Gasteiger charge is -2.08. The van der Waals surface area contributed by atoms with Gasteiger partial charge in [0.15, 0.2) is 0 Å². The van der Waals surface area contributed by atoms with E-state index in [1.54, 1.807) is 0 Å². The largest absolute Gasteiger partial charge is 0.481 e. The summed E-state index contributed by atoms with van der Waals surface area (Å²) < 4.78 is 9.50. The maximum atomic E-state index is 11.1. The highest BCUT2D eigenvalue weighted by Gasteiger charge is 2.08. The van der Waals surface area contributed by atoms with Gasteiger partial charge in [-0.15, -0.1) is 0 Å². The number of hydrogen-bond acceptors (Lipinski definition) is 10. The van der Waals surface area contributed by atoms with E-state index in [0.717, 1.165) is 64.2 Å². The highest BCUT2D eigenvalue weighted by molar-refractivity contribution is 5.69. The number of aliphatic hydroxyl groups excluding tert-OH is 4. The second-order valence-electron chi connectivity index (χ2n) is 12.5. The molecule has 2 atom stereocenters. The van der Waals surface area contributed by atoms with Gasteiger partial charge in [-0.1, -0.05) is 130 Å². The molecule has 0 aliphatic carbocycles. The van der Waals surface area contributed by atoms with Crippen LogP contribution >= 0.6 is 0 Å². The van der Waals surface area contributed by atoms with Crippen LogP contribution in [-0.4, -0.2) is 93.2 Å². The van der Waals surface area contributed by atoms with Crippen molar-refractivity contribution >= 4 is 23.9 Å². The number of esters is 2. The molecule has 12 heteroatoms. The summed E-state index contributed by atoms with van der Waals surface area (Å²) >= 11 is 0. The lowest BCUT2D eigenvalue weighted by molar-refractivity contribution is -0.148. The highest BCUT2D eigenvalue weighted by Crippen LogP contribution is 2.07. The van der Waals surface area contributed by atoms with Crippen molar-refractivity contribution in [3.05, 3.63) is 0 Å². The Bertz CT molecular complexity index is 673. The van der Waals surface area contributed by atoms with Gasteiger partial charge in [-0.3, -0.25) is 19.2 Å². The van der Waals surface area contributed by atoms with E-state index in [-0.39, 0.29) is 38.4 Å². The average Bonchev–Trinajstić information content (AvgIpc) is 3.09. The zero-order chi connectivity index (χ0) is 38.7. The Kier molecular flexibility index (Phi) is 50.9. The third-order valence-electron chi connectivity index (χ3n) is 7.25. The number of unbranched alkanes of at least 4 members (excludes halogenated alkanes) is 16. The molecule has 0 heterocycles. The minimum Gasteiger partial charge on any atom is -0.481 e. The predicted octanol–water partition coefficient (Wildman–Crippen LogP) is 7.35. The number of aliphatic carboxylic acids is 2. The van der Waals surface area contributed by atoms with Gasteiger partial charge in [0.05, 0.1) is 13.2 Å². The third-order valence-corrected chi connectivity index (χ3v) is 7.25. The molecular weight excluding hydrogens is 648 g/mol. The molecule has 0 aromatic heterocycles. The fraction of sp³-hybridized carbons (Fsp3) is 0.895. The Balaban J connectivity index is -0.000000287. The Morgan fingerprint density at radius 3 is 0.880 bits per heavy atom. The van der Waals surface area contributed by atoms with Crippen molar-refractivity contribution in [1.29, 1.82) is 0 Å². The number of carbonyl (C=O) groups excluding carboxylic acids is 2. The topological polar surface area (TPSA) is 208 Å². The van der Waals surface area contributed by atoms with Crippen molar-refractivity contribution in [2.45, 2.75) is 194 Å². The Labute approximate surface area is 303 Å². The van der Waals surface area contributed by atoms with Crippen LogP contribution in [0.3, 0.4) is 0 Å². The molecule has 12 nitrogen and oxygen atoms in total. The zero-order valence-electron chi connectivity index (χ0n) is 32.1. The number of rotatable bonds is 30. The van der Waals surface area contributed by atoms with Crippen molar-refractivity contribution in [2.24, 2.45) is 0 Å². The van der Waals surface area contributed by atoms with Gasteiger partial charge >= 0.3 is 23.9 Å². The van der Waals surface area contributed by atoms with Crippen molar-refractivity contribution in [1.82, 2.24) is 0 Å². The van der Waals surface area contributed by atoms with Crippen molar-refractivity contribution in [3.8, 4) is 0 Å². The number of ether oxygens (including phenoxy) is 2. The summed E-state index contributed by atoms with van der Waals surface area (Å²) in [5.41, 5.74) is 0. The summed E-state index contributed by atoms with van der Waals surface area (Å²) in [5, 5.41) is 51.3. The van der Waals surface area contributed by atoms with Gasteiger partial charge in [0.1, 0.15) is 25.4 Å². The van der Waals surface area contributed by atoms with Gasteiger partial charge < -0.3 is 40.1 Å². The van der Waals surface area contributed by atoms with E-state index in [0.29, 0.717) is 25.7 Å². The van der Waals surface area contributed by atoms with E-state index in [2.05, 4.69) is 27.7 Å². The van der Waals surface area contributed by atoms with E-state index in [4.69, 9.17) is 40.1 Å². The third kappa shape index (κ3) is 58.0. The first-order chi connectivity index (χ1) is 23.9. The second-order valence-corrected chi connectivity index (χ2v) is 12.5. The van der Waals surface area contributed by atoms with E-state index < -0.39 is 24.1 Å². The van der Waals surface area contributed by atoms with Gasteiger partial charge in [-0.25, -0.2) is 0 Å². The number of carboxylic acids is 2. The van der Waals surface area contributed by atoms with E-state index in [9.17, 15) is 19.2 Å². The summed E-state index contributed by atoms with van der Waals surface area (Å²) in [6, 6.07) is 0. The van der Waals surface area contributed by atoms with Gasteiger partial charge in [0, 0.05) is 25.7 Å². The molecule has 300 valence electrons. The molecule has 0 spiro atoms. The summed E-state index contributed by atoms with van der Waals surface area (Å²) in [7, 11) is 0. The summed E-state index contributed by atoms with van der Waals surface area (Å²) in [6.45, 7) is 7.63. The summed E-state index contributed by atoms with van der Waals surface area (Å²) in [6.07, 6.45) is 21.6. The molecule has 0 saturated heterocycles. The van der Waals surface area contributed by atoms with Crippen LogP contribution in [0.15, 0.2) is 0 Å². The quantitative estimate of drug-likeness (QED) is 0.0317. The molecule has 0 aromatic rings. The zero-order valence-corrected chi connectivity index (χ0v) is 32.1. The molecular formula is C38H76O12. The Hall–Kier alpha value is -2.28. The minimum absolute atomic E-state index is 0.107. The first kappa shape index (κ1) is 54.5. The van der Waals surface area contributed by atoms with E-state index >= 15 is 0 Å². The van der Waals surface area contributed by atoms with Gasteiger partial charge in [-0.05, 0) is 25.7 Å². The molecule has 0 fully saturated rings. The van der Waals surface area contributed by atoms with Gasteiger partial charge in [0.2, 0.25) is 0 Å². The standard InChI is InChI=1S/2C11H22O4.2C8H16O2/c2*1-2-3-4-5-6-7-11(14)15-9-10(13)8-12;2*1-2-3-4-5-6-7-8(9)10/h2*10,12-13H,2-9H2,1H3;2*2-7H2,1H3,(H,9,10). The lowest BCUT2D eigenvalue weighted by atomic mass is 10.1. The Morgan fingerprint density at radius 2 is 0.660 bits per heavy atom. The van der Waals surface area contributed by atoms with Gasteiger partial charge in [-0.2, -0.15) is 0 Å². The minimum atomic E-state index is -0.950. The normalized spacial score (nSPS) is 11.4. The number of aliphatic hydroxyl groups is 4. The monoisotopic (exact) mass is 725 g/mol. The first-order valence-electron chi connectivity index (χ1n) is 19.3. The molecule has 0 bridgehead atoms. The summed E-state index contributed by atoms with van der Waals surface area (Å²) in [5.74, 6) is -1.93. The highest BCUT2D eigenvalue weighted by atomic mass is 16.5. The molecule has 2 unspecified atom stereocenters. The molecule has 0 saturated carbocycles. The van der Waals surface area contributed by atoms with Crippen molar-refractivity contribution in [3.63, 3.8) is 0 Å². The van der Waals surface area contributed by atoms with Crippen LogP contribution in [0.5, 0.6) is 0 Å². The molecule has 0 aliphatic rings. The fourth-order valence-corrected chi connectivity index (χ4v) is 4.13. The van der Waals surface area contributed by atoms with E-state index in [1.807, 2.05) is 0 Å². The second kappa shape index (κ2) is 46.7. The molecule has 0 rings (SSSR count). The number of carbonyl (C=O) groups is 4. The molecule has 0 amide bonds. The van der Waals surface area contributed by atoms with Crippen molar-refractivity contribution < 1.29 is 59.3 Å². The van der Waals surface area contributed by atoms with Crippen LogP contribution < -0.4 is 0 Å². The average molecular weight is 725 g/mol. The SMILES string of the molecule is CCCCCCCC(=O)O.CCCCCCCC(=O)O.CCCCCCCC(=O)OCC(O)CO.CCCCCCCC(=O)OCC(O)CO. The number of carboxylic acid groups (broad SMARTS) is 2. The van der Waals surface area contributed by atoms with Crippen LogP contribution in [0.2, 0.25) is 0 Å². The first-order valence-corrected chi connectivity index (χ1v) is 19.3. The molecule has 0 radical (unpaired) electrons. The van der Waals surface area contributed by atoms with E-state index in [1.165, 1.54) is 64.2 Å². The molecule has 50 heavy (non-hydrogen) atoms. The number of hydrogen-bond donors (Lipinski definition) is 6.